The van der Waals surface area contributed by atoms with Crippen molar-refractivity contribution in [2.45, 2.75) is 19.9 Å². The molecule has 0 aliphatic heterocycles. The maximum atomic E-state index is 11.7. The zero-order valence-electron chi connectivity index (χ0n) is 11.0. The van der Waals surface area contributed by atoms with Crippen LogP contribution in [0, 0.1) is 0 Å². The molecule has 2 N–H and O–H groups in total. The Balaban J connectivity index is 2.31. The lowest BCUT2D eigenvalue weighted by molar-refractivity contribution is 0.662. The summed E-state index contributed by atoms with van der Waals surface area (Å²) in [7, 11) is 0. The number of hydrogen-bond acceptors (Lipinski definition) is 3. The van der Waals surface area contributed by atoms with E-state index in [4.69, 9.17) is 11.6 Å². The Kier molecular flexibility index (Phi) is 5.34. The third kappa shape index (κ3) is 3.91. The molecule has 0 aliphatic rings. The molecule has 1 aromatic carbocycles. The molecule has 0 atom stereocenters. The molecule has 2 rings (SSSR count). The summed E-state index contributed by atoms with van der Waals surface area (Å²) >= 11 is 9.33. The van der Waals surface area contributed by atoms with E-state index in [2.05, 4.69) is 38.1 Å². The number of aromatic amines is 1. The van der Waals surface area contributed by atoms with Crippen LogP contribution in [0.2, 0.25) is 5.02 Å². The predicted molar refractivity (Wildman–Crippen MR) is 85.0 cm³/mol. The molecule has 0 saturated heterocycles. The predicted octanol–water partition coefficient (Wildman–Crippen LogP) is 3.35. The van der Waals surface area contributed by atoms with Crippen molar-refractivity contribution in [3.63, 3.8) is 0 Å². The Bertz CT molecular complexity index is 657. The Morgan fingerprint density at radius 3 is 2.90 bits per heavy atom. The number of nitrogens with one attached hydrogen (secondary N) is 2. The Hall–Kier alpha value is -1.17. The van der Waals surface area contributed by atoms with Crippen molar-refractivity contribution in [2.24, 2.45) is 0 Å². The lowest BCUT2D eigenvalue weighted by Crippen LogP contribution is -2.18. The number of aromatic nitrogens is 2. The Morgan fingerprint density at radius 1 is 1.40 bits per heavy atom. The number of hydrogen-bond donors (Lipinski definition) is 2. The number of nitrogens with zero attached hydrogens (tertiary/aromatic N) is 1. The van der Waals surface area contributed by atoms with Crippen molar-refractivity contribution < 1.29 is 0 Å². The van der Waals surface area contributed by atoms with Crippen molar-refractivity contribution >= 4 is 27.5 Å². The van der Waals surface area contributed by atoms with Crippen LogP contribution in [-0.2, 0) is 6.54 Å². The standard InChI is InChI=1S/C14H15BrClN3O/c1-2-5-17-8-10-7-13(20)19-14(18-10)9-3-4-12(16)11(15)6-9/h3-4,6-7,17H,2,5,8H2,1H3,(H,18,19,20). The van der Waals surface area contributed by atoms with Crippen molar-refractivity contribution in [1.29, 1.82) is 0 Å². The highest BCUT2D eigenvalue weighted by Gasteiger charge is 2.06. The molecule has 0 amide bonds. The maximum absolute atomic E-state index is 11.7. The molecule has 1 heterocycles. The van der Waals surface area contributed by atoms with Gasteiger partial charge in [-0.05, 0) is 47.1 Å². The summed E-state index contributed by atoms with van der Waals surface area (Å²) in [4.78, 5) is 18.9. The van der Waals surface area contributed by atoms with E-state index >= 15 is 0 Å². The van der Waals surface area contributed by atoms with Crippen LogP contribution < -0.4 is 10.9 Å². The van der Waals surface area contributed by atoms with Crippen LogP contribution in [0.1, 0.15) is 19.0 Å². The first-order chi connectivity index (χ1) is 9.60. The molecule has 0 unspecified atom stereocenters. The zero-order valence-corrected chi connectivity index (χ0v) is 13.4. The van der Waals surface area contributed by atoms with E-state index in [-0.39, 0.29) is 5.56 Å². The summed E-state index contributed by atoms with van der Waals surface area (Å²) in [6.07, 6.45) is 1.04. The fourth-order valence-electron chi connectivity index (χ4n) is 1.77. The van der Waals surface area contributed by atoms with Crippen LogP contribution in [0.5, 0.6) is 0 Å². The maximum Gasteiger partial charge on any atom is 0.251 e. The first-order valence-corrected chi connectivity index (χ1v) is 7.53. The van der Waals surface area contributed by atoms with Crippen LogP contribution in [0.15, 0.2) is 33.5 Å². The van der Waals surface area contributed by atoms with Crippen LogP contribution in [-0.4, -0.2) is 16.5 Å². The second-order valence-electron chi connectivity index (χ2n) is 4.39. The largest absolute Gasteiger partial charge is 0.311 e. The van der Waals surface area contributed by atoms with Crippen LogP contribution >= 0.6 is 27.5 Å². The van der Waals surface area contributed by atoms with E-state index in [1.807, 2.05) is 12.1 Å². The average Bonchev–Trinajstić information content (AvgIpc) is 2.41. The second kappa shape index (κ2) is 7.02. The van der Waals surface area contributed by atoms with Gasteiger partial charge in [-0.1, -0.05) is 18.5 Å². The van der Waals surface area contributed by atoms with Gasteiger partial charge in [-0.3, -0.25) is 4.79 Å². The van der Waals surface area contributed by atoms with Crippen LogP contribution in [0.4, 0.5) is 0 Å². The van der Waals surface area contributed by atoms with Crippen molar-refractivity contribution in [2.75, 3.05) is 6.54 Å². The zero-order chi connectivity index (χ0) is 14.5. The first kappa shape index (κ1) is 15.2. The molecular formula is C14H15BrClN3O. The molecule has 0 spiro atoms. The molecule has 20 heavy (non-hydrogen) atoms. The fourth-order valence-corrected chi connectivity index (χ4v) is 2.27. The molecule has 6 heteroatoms. The Labute approximate surface area is 130 Å². The fraction of sp³-hybridized carbons (Fsp3) is 0.286. The molecule has 0 bridgehead atoms. The van der Waals surface area contributed by atoms with Gasteiger partial charge >= 0.3 is 0 Å². The number of benzene rings is 1. The van der Waals surface area contributed by atoms with Crippen molar-refractivity contribution in [3.05, 3.63) is 49.8 Å². The molecule has 2 aromatic rings. The minimum atomic E-state index is -0.158. The van der Waals surface area contributed by atoms with E-state index in [0.717, 1.165) is 28.7 Å². The van der Waals surface area contributed by atoms with Gasteiger partial charge in [0.15, 0.2) is 0 Å². The van der Waals surface area contributed by atoms with Gasteiger partial charge in [0.05, 0.1) is 10.7 Å². The molecule has 0 saturated carbocycles. The van der Waals surface area contributed by atoms with Crippen molar-refractivity contribution in [3.8, 4) is 11.4 Å². The highest BCUT2D eigenvalue weighted by Crippen LogP contribution is 2.26. The van der Waals surface area contributed by atoms with E-state index in [9.17, 15) is 4.79 Å². The summed E-state index contributed by atoms with van der Waals surface area (Å²) in [6.45, 7) is 3.57. The second-order valence-corrected chi connectivity index (χ2v) is 5.65. The molecule has 0 aliphatic carbocycles. The summed E-state index contributed by atoms with van der Waals surface area (Å²) < 4.78 is 0.772. The summed E-state index contributed by atoms with van der Waals surface area (Å²) in [5.74, 6) is 0.545. The van der Waals surface area contributed by atoms with E-state index in [0.29, 0.717) is 17.4 Å². The first-order valence-electron chi connectivity index (χ1n) is 6.36. The van der Waals surface area contributed by atoms with Crippen LogP contribution in [0.25, 0.3) is 11.4 Å². The summed E-state index contributed by atoms with van der Waals surface area (Å²) in [6, 6.07) is 6.94. The van der Waals surface area contributed by atoms with Gasteiger partial charge in [0.25, 0.3) is 5.56 Å². The number of rotatable bonds is 5. The van der Waals surface area contributed by atoms with Gasteiger partial charge in [-0.15, -0.1) is 0 Å². The van der Waals surface area contributed by atoms with Gasteiger partial charge < -0.3 is 10.3 Å². The molecule has 106 valence electrons. The molecular weight excluding hydrogens is 342 g/mol. The third-order valence-electron chi connectivity index (χ3n) is 2.72. The van der Waals surface area contributed by atoms with Gasteiger partial charge in [0, 0.05) is 22.6 Å². The van der Waals surface area contributed by atoms with Gasteiger partial charge in [-0.25, -0.2) is 4.98 Å². The highest BCUT2D eigenvalue weighted by molar-refractivity contribution is 9.10. The Morgan fingerprint density at radius 2 is 2.20 bits per heavy atom. The minimum Gasteiger partial charge on any atom is -0.311 e. The molecule has 4 nitrogen and oxygen atoms in total. The third-order valence-corrected chi connectivity index (χ3v) is 3.93. The topological polar surface area (TPSA) is 57.8 Å². The molecule has 0 fully saturated rings. The summed E-state index contributed by atoms with van der Waals surface area (Å²) in [5, 5.41) is 3.85. The SMILES string of the molecule is CCCNCc1cc(=O)[nH]c(-c2ccc(Cl)c(Br)c2)n1. The lowest BCUT2D eigenvalue weighted by atomic mass is 10.2. The van der Waals surface area contributed by atoms with Gasteiger partial charge in [-0.2, -0.15) is 0 Å². The van der Waals surface area contributed by atoms with E-state index < -0.39 is 0 Å². The van der Waals surface area contributed by atoms with E-state index in [1.54, 1.807) is 6.07 Å². The van der Waals surface area contributed by atoms with Gasteiger partial charge in [0.1, 0.15) is 5.82 Å². The van der Waals surface area contributed by atoms with Crippen LogP contribution in [0.3, 0.4) is 0 Å². The van der Waals surface area contributed by atoms with E-state index in [1.165, 1.54) is 6.07 Å². The lowest BCUT2D eigenvalue weighted by Gasteiger charge is -2.06. The molecule has 0 radical (unpaired) electrons. The molecule has 1 aromatic heterocycles. The summed E-state index contributed by atoms with van der Waals surface area (Å²) in [5.41, 5.74) is 1.38. The minimum absolute atomic E-state index is 0.158. The quantitative estimate of drug-likeness (QED) is 0.808. The highest BCUT2D eigenvalue weighted by atomic mass is 79.9. The normalized spacial score (nSPS) is 10.8. The smallest absolute Gasteiger partial charge is 0.251 e. The number of H-pyrrole nitrogens is 1. The number of halogens is 2. The van der Waals surface area contributed by atoms with Gasteiger partial charge in [0.2, 0.25) is 0 Å². The monoisotopic (exact) mass is 355 g/mol. The average molecular weight is 357 g/mol. The van der Waals surface area contributed by atoms with Crippen molar-refractivity contribution in [1.82, 2.24) is 15.3 Å².